The lowest BCUT2D eigenvalue weighted by Gasteiger charge is -2.13. The summed E-state index contributed by atoms with van der Waals surface area (Å²) in [7, 11) is -0.716. The molecule has 2 rings (SSSR count). The standard InChI is InChI=1S/C20H24N2O5S/c1-15(16-7-5-4-6-8-16)13-21-19(23)14-27-20(24)17-9-11-18(12-10-17)28(25,26)22(2)3/h4-12,15H,13-14H2,1-3H3,(H,21,23)/t15-/m0/s1. The van der Waals surface area contributed by atoms with E-state index < -0.39 is 28.5 Å². The van der Waals surface area contributed by atoms with Crippen molar-refractivity contribution in [3.63, 3.8) is 0 Å². The monoisotopic (exact) mass is 404 g/mol. The van der Waals surface area contributed by atoms with Crippen molar-refractivity contribution in [3.05, 3.63) is 65.7 Å². The average molecular weight is 404 g/mol. The molecule has 7 nitrogen and oxygen atoms in total. The van der Waals surface area contributed by atoms with Gasteiger partial charge in [-0.1, -0.05) is 37.3 Å². The molecule has 0 aromatic heterocycles. The second-order valence-corrected chi connectivity index (χ2v) is 8.66. The summed E-state index contributed by atoms with van der Waals surface area (Å²) in [5, 5.41) is 2.73. The number of hydrogen-bond acceptors (Lipinski definition) is 5. The molecule has 0 heterocycles. The highest BCUT2D eigenvalue weighted by atomic mass is 32.2. The molecule has 0 aliphatic carbocycles. The van der Waals surface area contributed by atoms with Crippen molar-refractivity contribution in [2.45, 2.75) is 17.7 Å². The quantitative estimate of drug-likeness (QED) is 0.680. The molecule has 0 saturated heterocycles. The van der Waals surface area contributed by atoms with Crippen molar-refractivity contribution in [3.8, 4) is 0 Å². The van der Waals surface area contributed by atoms with E-state index in [0.29, 0.717) is 6.54 Å². The van der Waals surface area contributed by atoms with Gasteiger partial charge in [-0.15, -0.1) is 0 Å². The molecule has 0 aliphatic heterocycles. The Morgan fingerprint density at radius 3 is 2.21 bits per heavy atom. The van der Waals surface area contributed by atoms with Crippen molar-refractivity contribution in [1.29, 1.82) is 0 Å². The van der Waals surface area contributed by atoms with Crippen molar-refractivity contribution in [2.24, 2.45) is 0 Å². The zero-order valence-electron chi connectivity index (χ0n) is 16.1. The number of amides is 1. The van der Waals surface area contributed by atoms with Crippen molar-refractivity contribution in [1.82, 2.24) is 9.62 Å². The van der Waals surface area contributed by atoms with E-state index in [4.69, 9.17) is 4.74 Å². The van der Waals surface area contributed by atoms with Crippen LogP contribution in [0.5, 0.6) is 0 Å². The second-order valence-electron chi connectivity index (χ2n) is 6.50. The van der Waals surface area contributed by atoms with Crippen molar-refractivity contribution in [2.75, 3.05) is 27.2 Å². The van der Waals surface area contributed by atoms with E-state index in [9.17, 15) is 18.0 Å². The Balaban J connectivity index is 1.84. The third-order valence-corrected chi connectivity index (χ3v) is 6.01. The average Bonchev–Trinajstić information content (AvgIpc) is 2.70. The number of carbonyl (C=O) groups excluding carboxylic acids is 2. The molecule has 2 aromatic rings. The molecule has 0 fully saturated rings. The van der Waals surface area contributed by atoms with Crippen LogP contribution in [0, 0.1) is 0 Å². The molecule has 0 aliphatic rings. The first kappa shape index (κ1) is 21.6. The van der Waals surface area contributed by atoms with Gasteiger partial charge in [0.15, 0.2) is 6.61 Å². The molecule has 0 saturated carbocycles. The Morgan fingerprint density at radius 2 is 1.64 bits per heavy atom. The molecule has 1 N–H and O–H groups in total. The second kappa shape index (κ2) is 9.48. The van der Waals surface area contributed by atoms with E-state index in [-0.39, 0.29) is 16.4 Å². The van der Waals surface area contributed by atoms with Crippen LogP contribution < -0.4 is 5.32 Å². The van der Waals surface area contributed by atoms with Crippen LogP contribution in [0.15, 0.2) is 59.5 Å². The number of benzene rings is 2. The Morgan fingerprint density at radius 1 is 1.04 bits per heavy atom. The lowest BCUT2D eigenvalue weighted by Crippen LogP contribution is -2.31. The summed E-state index contributed by atoms with van der Waals surface area (Å²) in [6.07, 6.45) is 0. The Hall–Kier alpha value is -2.71. The maximum Gasteiger partial charge on any atom is 0.338 e. The Kier molecular flexibility index (Phi) is 7.31. The minimum Gasteiger partial charge on any atom is -0.452 e. The molecule has 8 heteroatoms. The van der Waals surface area contributed by atoms with Crippen LogP contribution in [0.2, 0.25) is 0 Å². The first-order valence-corrected chi connectivity index (χ1v) is 10.2. The topological polar surface area (TPSA) is 92.8 Å². The number of carbonyl (C=O) groups is 2. The fourth-order valence-corrected chi connectivity index (χ4v) is 3.31. The minimum atomic E-state index is -3.57. The number of esters is 1. The van der Waals surface area contributed by atoms with E-state index in [1.807, 2.05) is 37.3 Å². The van der Waals surface area contributed by atoms with Crippen LogP contribution in [-0.4, -0.2) is 51.8 Å². The molecular formula is C20H24N2O5S. The number of nitrogens with zero attached hydrogens (tertiary/aromatic N) is 1. The highest BCUT2D eigenvalue weighted by molar-refractivity contribution is 7.89. The van der Waals surface area contributed by atoms with Gasteiger partial charge in [0.25, 0.3) is 5.91 Å². The van der Waals surface area contributed by atoms with Crippen molar-refractivity contribution >= 4 is 21.9 Å². The number of sulfonamides is 1. The van der Waals surface area contributed by atoms with Crippen LogP contribution in [0.25, 0.3) is 0 Å². The highest BCUT2D eigenvalue weighted by Crippen LogP contribution is 2.15. The van der Waals surface area contributed by atoms with Crippen LogP contribution in [0.3, 0.4) is 0 Å². The molecule has 0 spiro atoms. The predicted molar refractivity (Wildman–Crippen MR) is 105 cm³/mol. The first-order chi connectivity index (χ1) is 13.2. The lowest BCUT2D eigenvalue weighted by molar-refractivity contribution is -0.124. The van der Waals surface area contributed by atoms with E-state index in [1.165, 1.54) is 38.4 Å². The predicted octanol–water partition coefficient (Wildman–Crippen LogP) is 2.01. The summed E-state index contributed by atoms with van der Waals surface area (Å²) in [4.78, 5) is 24.0. The highest BCUT2D eigenvalue weighted by Gasteiger charge is 2.18. The SMILES string of the molecule is C[C@@H](CNC(=O)COC(=O)c1ccc(S(=O)(=O)N(C)C)cc1)c1ccccc1. The van der Waals surface area contributed by atoms with Gasteiger partial charge < -0.3 is 10.1 Å². The number of ether oxygens (including phenoxy) is 1. The molecular weight excluding hydrogens is 380 g/mol. The molecule has 0 unspecified atom stereocenters. The molecule has 1 amide bonds. The third kappa shape index (κ3) is 5.64. The normalized spacial score (nSPS) is 12.4. The maximum absolute atomic E-state index is 12.0. The Labute approximate surface area is 165 Å². The van der Waals surface area contributed by atoms with E-state index >= 15 is 0 Å². The summed E-state index contributed by atoms with van der Waals surface area (Å²) in [5.74, 6) is -0.963. The van der Waals surface area contributed by atoms with Gasteiger partial charge >= 0.3 is 5.97 Å². The number of nitrogens with one attached hydrogen (secondary N) is 1. The Bertz CT molecular complexity index is 909. The van der Waals surface area contributed by atoms with Gasteiger partial charge in [0.2, 0.25) is 10.0 Å². The number of hydrogen-bond donors (Lipinski definition) is 1. The smallest absolute Gasteiger partial charge is 0.338 e. The van der Waals surface area contributed by atoms with Crippen LogP contribution in [0.4, 0.5) is 0 Å². The lowest BCUT2D eigenvalue weighted by atomic mass is 10.0. The van der Waals surface area contributed by atoms with E-state index in [0.717, 1.165) is 9.87 Å². The summed E-state index contributed by atoms with van der Waals surface area (Å²) in [5.41, 5.74) is 1.27. The third-order valence-electron chi connectivity index (χ3n) is 4.18. The summed E-state index contributed by atoms with van der Waals surface area (Å²) in [6.45, 7) is 2.01. The van der Waals surface area contributed by atoms with E-state index in [1.54, 1.807) is 0 Å². The van der Waals surface area contributed by atoms with Gasteiger partial charge in [0.1, 0.15) is 0 Å². The molecule has 28 heavy (non-hydrogen) atoms. The maximum atomic E-state index is 12.0. The zero-order chi connectivity index (χ0) is 20.7. The zero-order valence-corrected chi connectivity index (χ0v) is 16.9. The van der Waals surface area contributed by atoms with Gasteiger partial charge in [0.05, 0.1) is 10.5 Å². The van der Waals surface area contributed by atoms with Gasteiger partial charge in [-0.25, -0.2) is 17.5 Å². The first-order valence-electron chi connectivity index (χ1n) is 8.73. The summed E-state index contributed by atoms with van der Waals surface area (Å²) in [6, 6.07) is 15.1. The van der Waals surface area contributed by atoms with Gasteiger partial charge in [0, 0.05) is 20.6 Å². The fourth-order valence-electron chi connectivity index (χ4n) is 2.41. The van der Waals surface area contributed by atoms with Crippen LogP contribution >= 0.6 is 0 Å². The van der Waals surface area contributed by atoms with Crippen LogP contribution in [0.1, 0.15) is 28.8 Å². The van der Waals surface area contributed by atoms with Gasteiger partial charge in [-0.3, -0.25) is 4.79 Å². The van der Waals surface area contributed by atoms with Crippen LogP contribution in [-0.2, 0) is 19.6 Å². The molecule has 0 radical (unpaired) electrons. The van der Waals surface area contributed by atoms with E-state index in [2.05, 4.69) is 5.32 Å². The summed E-state index contributed by atoms with van der Waals surface area (Å²) < 4.78 is 30.1. The fraction of sp³-hybridized carbons (Fsp3) is 0.300. The molecule has 2 aromatic carbocycles. The minimum absolute atomic E-state index is 0.0710. The summed E-state index contributed by atoms with van der Waals surface area (Å²) >= 11 is 0. The van der Waals surface area contributed by atoms with Gasteiger partial charge in [-0.2, -0.15) is 0 Å². The molecule has 0 bridgehead atoms. The molecule has 150 valence electrons. The number of rotatable bonds is 8. The van der Waals surface area contributed by atoms with Gasteiger partial charge in [-0.05, 0) is 35.7 Å². The largest absolute Gasteiger partial charge is 0.452 e. The van der Waals surface area contributed by atoms with Crippen molar-refractivity contribution < 1.29 is 22.7 Å². The molecule has 1 atom stereocenters.